The van der Waals surface area contributed by atoms with E-state index in [1.165, 1.54) is 0 Å². The molecule has 2 nitrogen and oxygen atoms in total. The average Bonchev–Trinajstić information content (AvgIpc) is 2.04. The monoisotopic (exact) mass is 172 g/mol. The number of halogens is 1. The molecule has 70 valence electrons. The number of nitrogens with zero attached hydrogens (tertiary/aromatic N) is 1. The van der Waals surface area contributed by atoms with Crippen LogP contribution < -0.4 is 5.32 Å². The fourth-order valence-corrected chi connectivity index (χ4v) is 1.40. The lowest BCUT2D eigenvalue weighted by atomic mass is 10.2. The predicted octanol–water partition coefficient (Wildman–Crippen LogP) is 1.15. The molecular weight excluding hydrogens is 155 g/mol. The van der Waals surface area contributed by atoms with Gasteiger partial charge >= 0.3 is 0 Å². The Hall–Kier alpha value is -0.410. The van der Waals surface area contributed by atoms with Crippen LogP contribution in [0.25, 0.3) is 0 Å². The summed E-state index contributed by atoms with van der Waals surface area (Å²) in [6.45, 7) is 4.51. The van der Waals surface area contributed by atoms with Gasteiger partial charge in [-0.1, -0.05) is 6.08 Å². The van der Waals surface area contributed by atoms with Crippen LogP contribution in [0.2, 0.25) is 0 Å². The van der Waals surface area contributed by atoms with E-state index in [0.29, 0.717) is 12.6 Å². The van der Waals surface area contributed by atoms with Crippen molar-refractivity contribution in [2.75, 3.05) is 26.7 Å². The van der Waals surface area contributed by atoms with E-state index in [2.05, 4.69) is 17.1 Å². The van der Waals surface area contributed by atoms with Crippen molar-refractivity contribution in [3.63, 3.8) is 0 Å². The molecule has 1 aliphatic rings. The first-order valence-electron chi connectivity index (χ1n) is 4.46. The average molecular weight is 172 g/mol. The van der Waals surface area contributed by atoms with Crippen LogP contribution in [0.15, 0.2) is 11.9 Å². The van der Waals surface area contributed by atoms with Gasteiger partial charge in [-0.25, -0.2) is 4.39 Å². The number of rotatable bonds is 3. The van der Waals surface area contributed by atoms with Crippen molar-refractivity contribution in [3.8, 4) is 0 Å². The molecule has 0 aromatic rings. The lowest BCUT2D eigenvalue weighted by Crippen LogP contribution is -2.39. The molecule has 0 unspecified atom stereocenters. The SMILES string of the molecule is CN[C@@H](C)CN1CCC=C(F)C1. The molecule has 0 saturated carbocycles. The second kappa shape index (κ2) is 4.58. The van der Waals surface area contributed by atoms with Gasteiger partial charge in [0.1, 0.15) is 5.83 Å². The Kier molecular flexibility index (Phi) is 3.69. The molecule has 0 radical (unpaired) electrons. The van der Waals surface area contributed by atoms with E-state index >= 15 is 0 Å². The number of likely N-dealkylation sites (N-methyl/N-ethyl adjacent to an activating group) is 1. The summed E-state index contributed by atoms with van der Waals surface area (Å²) in [6, 6.07) is 0.441. The molecule has 1 rings (SSSR count). The third kappa shape index (κ3) is 2.91. The van der Waals surface area contributed by atoms with Crippen LogP contribution in [0.5, 0.6) is 0 Å². The summed E-state index contributed by atoms with van der Waals surface area (Å²) in [5.41, 5.74) is 0. The first-order chi connectivity index (χ1) is 5.72. The largest absolute Gasteiger partial charge is 0.316 e. The standard InChI is InChI=1S/C9H17FN2/c1-8(11-2)6-12-5-3-4-9(10)7-12/h4,8,11H,3,5-7H2,1-2H3/t8-/m0/s1. The fraction of sp³-hybridized carbons (Fsp3) is 0.778. The molecule has 0 bridgehead atoms. The minimum absolute atomic E-state index is 0.0181. The van der Waals surface area contributed by atoms with Crippen molar-refractivity contribution in [2.24, 2.45) is 0 Å². The normalized spacial score (nSPS) is 22.1. The van der Waals surface area contributed by atoms with Crippen LogP contribution in [-0.4, -0.2) is 37.6 Å². The van der Waals surface area contributed by atoms with Gasteiger partial charge in [-0.15, -0.1) is 0 Å². The summed E-state index contributed by atoms with van der Waals surface area (Å²) in [5, 5.41) is 3.14. The van der Waals surface area contributed by atoms with Gasteiger partial charge in [-0.2, -0.15) is 0 Å². The molecule has 0 aliphatic carbocycles. The van der Waals surface area contributed by atoms with E-state index < -0.39 is 0 Å². The number of nitrogens with one attached hydrogen (secondary N) is 1. The molecule has 0 fully saturated rings. The van der Waals surface area contributed by atoms with E-state index in [1.54, 1.807) is 6.08 Å². The minimum Gasteiger partial charge on any atom is -0.316 e. The summed E-state index contributed by atoms with van der Waals surface area (Å²) in [5.74, 6) is 0.0181. The molecule has 0 aromatic heterocycles. The Morgan fingerprint density at radius 1 is 1.75 bits per heavy atom. The van der Waals surface area contributed by atoms with Gasteiger partial charge in [0, 0.05) is 25.7 Å². The summed E-state index contributed by atoms with van der Waals surface area (Å²) in [7, 11) is 1.93. The molecule has 0 aromatic carbocycles. The zero-order chi connectivity index (χ0) is 8.97. The molecule has 1 heterocycles. The molecule has 0 amide bonds. The third-order valence-corrected chi connectivity index (χ3v) is 2.21. The molecule has 1 aliphatic heterocycles. The molecule has 3 heteroatoms. The Balaban J connectivity index is 2.30. The Bertz CT molecular complexity index is 168. The second-order valence-electron chi connectivity index (χ2n) is 3.36. The van der Waals surface area contributed by atoms with Gasteiger partial charge in [-0.3, -0.25) is 4.90 Å². The summed E-state index contributed by atoms with van der Waals surface area (Å²) < 4.78 is 12.8. The highest BCUT2D eigenvalue weighted by atomic mass is 19.1. The van der Waals surface area contributed by atoms with Crippen molar-refractivity contribution in [2.45, 2.75) is 19.4 Å². The second-order valence-corrected chi connectivity index (χ2v) is 3.36. The summed E-state index contributed by atoms with van der Waals surface area (Å²) in [6.07, 6.45) is 2.53. The Labute approximate surface area is 73.4 Å². The van der Waals surface area contributed by atoms with Gasteiger partial charge in [0.05, 0.1) is 0 Å². The predicted molar refractivity (Wildman–Crippen MR) is 48.8 cm³/mol. The first-order valence-corrected chi connectivity index (χ1v) is 4.46. The van der Waals surface area contributed by atoms with Gasteiger partial charge in [0.15, 0.2) is 0 Å². The molecule has 0 spiro atoms. The minimum atomic E-state index is 0.0181. The maximum absolute atomic E-state index is 12.8. The Morgan fingerprint density at radius 2 is 2.50 bits per heavy atom. The maximum Gasteiger partial charge on any atom is 0.110 e. The third-order valence-electron chi connectivity index (χ3n) is 2.21. The van der Waals surface area contributed by atoms with Crippen LogP contribution in [0.3, 0.4) is 0 Å². The van der Waals surface area contributed by atoms with E-state index in [0.717, 1.165) is 19.5 Å². The van der Waals surface area contributed by atoms with E-state index in [1.807, 2.05) is 7.05 Å². The van der Waals surface area contributed by atoms with E-state index in [9.17, 15) is 4.39 Å². The van der Waals surface area contributed by atoms with Gasteiger partial charge < -0.3 is 5.32 Å². The first kappa shape index (κ1) is 9.68. The molecule has 0 saturated heterocycles. The van der Waals surface area contributed by atoms with Gasteiger partial charge in [0.25, 0.3) is 0 Å². The highest BCUT2D eigenvalue weighted by Gasteiger charge is 2.13. The lowest BCUT2D eigenvalue weighted by Gasteiger charge is -2.26. The highest BCUT2D eigenvalue weighted by molar-refractivity contribution is 4.99. The summed E-state index contributed by atoms with van der Waals surface area (Å²) >= 11 is 0. The van der Waals surface area contributed by atoms with Crippen LogP contribution >= 0.6 is 0 Å². The molecule has 1 N–H and O–H groups in total. The maximum atomic E-state index is 12.8. The van der Waals surface area contributed by atoms with Crippen molar-refractivity contribution < 1.29 is 4.39 Å². The van der Waals surface area contributed by atoms with Crippen molar-refractivity contribution in [1.29, 1.82) is 0 Å². The number of hydrogen-bond donors (Lipinski definition) is 1. The molecular formula is C9H17FN2. The van der Waals surface area contributed by atoms with Crippen LogP contribution in [0, 0.1) is 0 Å². The lowest BCUT2D eigenvalue weighted by molar-refractivity contribution is 0.246. The van der Waals surface area contributed by atoms with Gasteiger partial charge in [-0.05, 0) is 20.4 Å². The number of hydrogen-bond acceptors (Lipinski definition) is 2. The zero-order valence-electron chi connectivity index (χ0n) is 7.81. The quantitative estimate of drug-likeness (QED) is 0.687. The van der Waals surface area contributed by atoms with Crippen molar-refractivity contribution >= 4 is 0 Å². The van der Waals surface area contributed by atoms with Crippen LogP contribution in [0.4, 0.5) is 4.39 Å². The highest BCUT2D eigenvalue weighted by Crippen LogP contribution is 2.10. The van der Waals surface area contributed by atoms with Crippen LogP contribution in [-0.2, 0) is 0 Å². The molecule has 12 heavy (non-hydrogen) atoms. The van der Waals surface area contributed by atoms with Crippen LogP contribution in [0.1, 0.15) is 13.3 Å². The summed E-state index contributed by atoms with van der Waals surface area (Å²) in [4.78, 5) is 2.14. The van der Waals surface area contributed by atoms with Gasteiger partial charge in [0.2, 0.25) is 0 Å². The fourth-order valence-electron chi connectivity index (χ4n) is 1.40. The van der Waals surface area contributed by atoms with E-state index in [-0.39, 0.29) is 5.83 Å². The van der Waals surface area contributed by atoms with Crippen molar-refractivity contribution in [1.82, 2.24) is 10.2 Å². The Morgan fingerprint density at radius 3 is 3.08 bits per heavy atom. The smallest absolute Gasteiger partial charge is 0.110 e. The zero-order valence-corrected chi connectivity index (χ0v) is 7.81. The van der Waals surface area contributed by atoms with Crippen molar-refractivity contribution in [3.05, 3.63) is 11.9 Å². The van der Waals surface area contributed by atoms with E-state index in [4.69, 9.17) is 0 Å². The molecule has 1 atom stereocenters. The topological polar surface area (TPSA) is 15.3 Å².